The minimum atomic E-state index is -1.60. The zero-order valence-electron chi connectivity index (χ0n) is 16.3. The number of carbonyl (C=O) groups is 1. The highest BCUT2D eigenvalue weighted by Gasteiger charge is 2.43. The van der Waals surface area contributed by atoms with Gasteiger partial charge in [-0.15, -0.1) is 0 Å². The van der Waals surface area contributed by atoms with Crippen LogP contribution in [0, 0.1) is 12.7 Å². The van der Waals surface area contributed by atoms with Gasteiger partial charge in [0, 0.05) is 17.6 Å². The van der Waals surface area contributed by atoms with E-state index in [0.717, 1.165) is 0 Å². The Morgan fingerprint density at radius 2 is 2.10 bits per heavy atom. The highest BCUT2D eigenvalue weighted by molar-refractivity contribution is 6.39. The van der Waals surface area contributed by atoms with Crippen molar-refractivity contribution in [3.8, 4) is 0 Å². The Kier molecular flexibility index (Phi) is 5.07. The first-order chi connectivity index (χ1) is 14.3. The van der Waals surface area contributed by atoms with Crippen molar-refractivity contribution in [2.45, 2.75) is 44.7 Å². The fourth-order valence-electron chi connectivity index (χ4n) is 4.13. The Bertz CT molecular complexity index is 1170. The summed E-state index contributed by atoms with van der Waals surface area (Å²) >= 11 is 0. The van der Waals surface area contributed by atoms with E-state index in [4.69, 9.17) is 0 Å². The van der Waals surface area contributed by atoms with Crippen molar-refractivity contribution in [3.05, 3.63) is 58.4 Å². The molecular weight excluding hydrogens is 394 g/mol. The van der Waals surface area contributed by atoms with Crippen LogP contribution in [0.25, 0.3) is 10.9 Å². The van der Waals surface area contributed by atoms with Crippen molar-refractivity contribution in [2.75, 3.05) is 0 Å². The molecule has 1 N–H and O–H groups in total. The summed E-state index contributed by atoms with van der Waals surface area (Å²) in [4.78, 5) is 33.5. The number of piperidine rings is 1. The Hall–Kier alpha value is -3.20. The number of pyridine rings is 1. The van der Waals surface area contributed by atoms with Gasteiger partial charge >= 0.3 is 5.97 Å². The molecule has 3 atom stereocenters. The molecule has 4 rings (SSSR count). The number of rotatable bonds is 4. The molecule has 0 spiro atoms. The average Bonchev–Trinajstić information content (AvgIpc) is 3.12. The number of aryl methyl sites for hydroxylation is 1. The van der Waals surface area contributed by atoms with Crippen molar-refractivity contribution in [2.24, 2.45) is 9.98 Å². The number of aliphatic imine (C=N–C) groups is 2. The van der Waals surface area contributed by atoms with Gasteiger partial charge in [-0.05, 0) is 37.8 Å². The summed E-state index contributed by atoms with van der Waals surface area (Å²) in [7, 11) is 0. The number of carboxylic acids is 1. The van der Waals surface area contributed by atoms with Crippen molar-refractivity contribution in [3.63, 3.8) is 0 Å². The van der Waals surface area contributed by atoms with E-state index in [1.54, 1.807) is 6.92 Å². The number of fused-ring (bicyclic) bond motifs is 1. The fraction of sp³-hybridized carbons (Fsp3) is 0.333. The first-order valence-corrected chi connectivity index (χ1v) is 9.55. The van der Waals surface area contributed by atoms with E-state index in [1.807, 2.05) is 0 Å². The summed E-state index contributed by atoms with van der Waals surface area (Å²) < 4.78 is 31.7. The molecule has 0 saturated carbocycles. The van der Waals surface area contributed by atoms with Gasteiger partial charge in [-0.25, -0.2) is 23.7 Å². The van der Waals surface area contributed by atoms with E-state index >= 15 is 8.78 Å². The van der Waals surface area contributed by atoms with Crippen LogP contribution in [0.2, 0.25) is 0 Å². The minimum absolute atomic E-state index is 0.0298. The van der Waals surface area contributed by atoms with Gasteiger partial charge in [0.05, 0.1) is 23.6 Å². The predicted molar refractivity (Wildman–Crippen MR) is 109 cm³/mol. The number of carboxylic acid groups (broad SMARTS) is 1. The third-order valence-electron chi connectivity index (χ3n) is 5.53. The second kappa shape index (κ2) is 7.56. The van der Waals surface area contributed by atoms with Crippen LogP contribution in [0.5, 0.6) is 0 Å². The second-order valence-corrected chi connectivity index (χ2v) is 7.42. The van der Waals surface area contributed by atoms with Gasteiger partial charge in [-0.3, -0.25) is 9.59 Å². The molecular formula is C21H20F2N4O3. The van der Waals surface area contributed by atoms with Crippen molar-refractivity contribution in [1.29, 1.82) is 0 Å². The average molecular weight is 414 g/mol. The standard InChI is InChI=1S/C21H20F2N4O3/c1-11-6-7-13-15(28)8-9-26(19(13)18(11)23)17-5-3-4-16(22)27(17)20(21(29)30)14-10-24-12(2)25-14/h6-10,16-17,20H,2-5H2,1H3,(H,29,30). The van der Waals surface area contributed by atoms with Crippen LogP contribution in [0.4, 0.5) is 8.78 Å². The second-order valence-electron chi connectivity index (χ2n) is 7.42. The van der Waals surface area contributed by atoms with Crippen LogP contribution >= 0.6 is 0 Å². The lowest BCUT2D eigenvalue weighted by Crippen LogP contribution is -2.55. The molecule has 1 aromatic heterocycles. The lowest BCUT2D eigenvalue weighted by molar-refractivity contribution is -0.147. The largest absolute Gasteiger partial charge is 0.480 e. The number of hydrogen-bond donors (Lipinski definition) is 1. The smallest absolute Gasteiger partial charge is 0.327 e. The monoisotopic (exact) mass is 414 g/mol. The minimum Gasteiger partial charge on any atom is -0.480 e. The number of hydrogen-bond acceptors (Lipinski definition) is 5. The number of aliphatic carboxylic acids is 1. The maximum atomic E-state index is 15.2. The highest BCUT2D eigenvalue weighted by Crippen LogP contribution is 2.36. The van der Waals surface area contributed by atoms with Gasteiger partial charge < -0.3 is 9.67 Å². The molecule has 30 heavy (non-hydrogen) atoms. The number of halogens is 2. The molecule has 3 unspecified atom stereocenters. The number of benzene rings is 1. The van der Waals surface area contributed by atoms with E-state index in [9.17, 15) is 14.7 Å². The summed E-state index contributed by atoms with van der Waals surface area (Å²) in [6.07, 6.45) is 1.20. The molecule has 0 bridgehead atoms. The molecule has 0 aliphatic carbocycles. The molecule has 2 aromatic rings. The van der Waals surface area contributed by atoms with Gasteiger partial charge in [-0.2, -0.15) is 0 Å². The van der Waals surface area contributed by atoms with Crippen molar-refractivity contribution < 1.29 is 18.7 Å². The zero-order chi connectivity index (χ0) is 21.6. The Morgan fingerprint density at radius 3 is 2.77 bits per heavy atom. The third-order valence-corrected chi connectivity index (χ3v) is 5.53. The molecule has 7 nitrogen and oxygen atoms in total. The summed E-state index contributed by atoms with van der Waals surface area (Å²) in [6, 6.07) is 2.88. The molecule has 2 aliphatic heterocycles. The number of alkyl halides is 1. The van der Waals surface area contributed by atoms with E-state index < -0.39 is 30.3 Å². The molecule has 1 saturated heterocycles. The van der Waals surface area contributed by atoms with E-state index in [0.29, 0.717) is 18.4 Å². The number of nitrogens with zero attached hydrogens (tertiary/aromatic N) is 4. The first kappa shape index (κ1) is 20.1. The van der Waals surface area contributed by atoms with Gasteiger partial charge in [-0.1, -0.05) is 12.6 Å². The zero-order valence-corrected chi connectivity index (χ0v) is 16.3. The molecule has 1 fully saturated rings. The Morgan fingerprint density at radius 1 is 1.33 bits per heavy atom. The molecule has 0 radical (unpaired) electrons. The molecule has 9 heteroatoms. The van der Waals surface area contributed by atoms with Crippen LogP contribution in [-0.2, 0) is 4.79 Å². The van der Waals surface area contributed by atoms with Gasteiger partial charge in [0.15, 0.2) is 23.6 Å². The lowest BCUT2D eigenvalue weighted by Gasteiger charge is -2.42. The van der Waals surface area contributed by atoms with Crippen LogP contribution in [0.1, 0.15) is 31.0 Å². The molecule has 2 aliphatic rings. The maximum absolute atomic E-state index is 15.2. The Balaban J connectivity index is 1.92. The van der Waals surface area contributed by atoms with Crippen LogP contribution in [0.3, 0.4) is 0 Å². The quantitative estimate of drug-likeness (QED) is 0.779. The van der Waals surface area contributed by atoms with Crippen LogP contribution < -0.4 is 5.43 Å². The third kappa shape index (κ3) is 3.24. The highest BCUT2D eigenvalue weighted by atomic mass is 19.1. The van der Waals surface area contributed by atoms with Crippen molar-refractivity contribution in [1.82, 2.24) is 9.47 Å². The first-order valence-electron chi connectivity index (χ1n) is 9.55. The van der Waals surface area contributed by atoms with Gasteiger partial charge in [0.2, 0.25) is 0 Å². The number of aromatic nitrogens is 1. The summed E-state index contributed by atoms with van der Waals surface area (Å²) in [5.74, 6) is -1.76. The normalized spacial score (nSPS) is 23.0. The SMILES string of the molecule is C=C1N=CC(C(C(=O)O)N2C(F)CCCC2n2ccc(=O)c3ccc(C)c(F)c32)=N1. The molecule has 3 heterocycles. The van der Waals surface area contributed by atoms with Gasteiger partial charge in [0.1, 0.15) is 5.82 Å². The fourth-order valence-corrected chi connectivity index (χ4v) is 4.13. The molecule has 156 valence electrons. The summed E-state index contributed by atoms with van der Waals surface area (Å²) in [5, 5.41) is 10.1. The number of likely N-dealkylation sites (tertiary alicyclic amines) is 1. The molecule has 1 aromatic carbocycles. The van der Waals surface area contributed by atoms with Crippen LogP contribution in [0.15, 0.2) is 51.6 Å². The van der Waals surface area contributed by atoms with E-state index in [1.165, 1.54) is 40.1 Å². The van der Waals surface area contributed by atoms with Gasteiger partial charge in [0.25, 0.3) is 0 Å². The van der Waals surface area contributed by atoms with Crippen LogP contribution in [-0.4, -0.2) is 44.8 Å². The molecule has 0 amide bonds. The summed E-state index contributed by atoms with van der Waals surface area (Å²) in [6.45, 7) is 5.15. The summed E-state index contributed by atoms with van der Waals surface area (Å²) in [5.41, 5.74) is 0.0586. The van der Waals surface area contributed by atoms with E-state index in [-0.39, 0.29) is 34.3 Å². The predicted octanol–water partition coefficient (Wildman–Crippen LogP) is 3.18. The van der Waals surface area contributed by atoms with Crippen molar-refractivity contribution >= 4 is 28.8 Å². The topological polar surface area (TPSA) is 87.3 Å². The lowest BCUT2D eigenvalue weighted by atomic mass is 10.00. The van der Waals surface area contributed by atoms with E-state index in [2.05, 4.69) is 16.6 Å². The maximum Gasteiger partial charge on any atom is 0.327 e. The Labute approximate surface area is 170 Å².